The second-order valence-electron chi connectivity index (χ2n) is 5.83. The van der Waals surface area contributed by atoms with Crippen molar-refractivity contribution in [2.75, 3.05) is 11.4 Å². The number of thiophene rings is 1. The number of anilines is 1. The molecule has 114 valence electrons. The van der Waals surface area contributed by atoms with Crippen LogP contribution in [0.4, 0.5) is 5.82 Å². The maximum Gasteiger partial charge on any atom is 0.229 e. The Balaban J connectivity index is 1.72. The third-order valence-electron chi connectivity index (χ3n) is 4.00. The normalized spacial score (nSPS) is 18.7. The van der Waals surface area contributed by atoms with Crippen LogP contribution in [0.15, 0.2) is 22.3 Å². The zero-order valence-electron chi connectivity index (χ0n) is 12.6. The summed E-state index contributed by atoms with van der Waals surface area (Å²) in [6.07, 6.45) is 3.76. The SMILES string of the molecule is CC(C)c1nc([C@@H]2CCCN2c2ncnc3ccsc23)no1. The molecule has 4 rings (SSSR count). The molecule has 1 saturated heterocycles. The van der Waals surface area contributed by atoms with Gasteiger partial charge in [-0.25, -0.2) is 9.97 Å². The number of fused-ring (bicyclic) bond motifs is 1. The van der Waals surface area contributed by atoms with Gasteiger partial charge in [0.2, 0.25) is 5.89 Å². The Morgan fingerprint density at radius 2 is 2.27 bits per heavy atom. The van der Waals surface area contributed by atoms with E-state index < -0.39 is 0 Å². The zero-order chi connectivity index (χ0) is 15.1. The van der Waals surface area contributed by atoms with Crippen molar-refractivity contribution in [2.24, 2.45) is 0 Å². The van der Waals surface area contributed by atoms with Crippen LogP contribution in [-0.2, 0) is 0 Å². The van der Waals surface area contributed by atoms with Crippen LogP contribution in [-0.4, -0.2) is 26.7 Å². The lowest BCUT2D eigenvalue weighted by molar-refractivity contribution is 0.358. The molecule has 0 saturated carbocycles. The Bertz CT molecular complexity index is 796. The molecule has 1 fully saturated rings. The molecule has 1 atom stereocenters. The van der Waals surface area contributed by atoms with Gasteiger partial charge in [-0.2, -0.15) is 4.98 Å². The summed E-state index contributed by atoms with van der Waals surface area (Å²) in [5.74, 6) is 2.70. The van der Waals surface area contributed by atoms with E-state index in [0.29, 0.717) is 5.89 Å². The molecule has 0 aliphatic carbocycles. The van der Waals surface area contributed by atoms with Crippen LogP contribution in [0, 0.1) is 0 Å². The van der Waals surface area contributed by atoms with Gasteiger partial charge in [-0.3, -0.25) is 0 Å². The fourth-order valence-corrected chi connectivity index (χ4v) is 3.74. The van der Waals surface area contributed by atoms with Gasteiger partial charge in [-0.1, -0.05) is 19.0 Å². The standard InChI is InChI=1S/C15H17N5OS/c1-9(2)15-18-13(19-21-15)11-4-3-6-20(11)14-12-10(5-7-22-12)16-8-17-14/h5,7-9,11H,3-4,6H2,1-2H3/t11-/m0/s1. The largest absolute Gasteiger partial charge is 0.345 e. The Kier molecular flexibility index (Phi) is 3.29. The topological polar surface area (TPSA) is 67.9 Å². The average molecular weight is 315 g/mol. The lowest BCUT2D eigenvalue weighted by Crippen LogP contribution is -2.24. The van der Waals surface area contributed by atoms with Crippen molar-refractivity contribution in [2.45, 2.75) is 38.6 Å². The van der Waals surface area contributed by atoms with Gasteiger partial charge in [0.25, 0.3) is 0 Å². The average Bonchev–Trinajstić information content (AvgIpc) is 3.25. The first-order valence-electron chi connectivity index (χ1n) is 7.52. The third-order valence-corrected chi connectivity index (χ3v) is 4.90. The first kappa shape index (κ1) is 13.6. The van der Waals surface area contributed by atoms with Crippen molar-refractivity contribution in [3.8, 4) is 0 Å². The quantitative estimate of drug-likeness (QED) is 0.736. The van der Waals surface area contributed by atoms with E-state index >= 15 is 0 Å². The maximum atomic E-state index is 5.38. The van der Waals surface area contributed by atoms with Gasteiger partial charge < -0.3 is 9.42 Å². The van der Waals surface area contributed by atoms with Crippen LogP contribution in [0.1, 0.15) is 50.4 Å². The molecule has 0 radical (unpaired) electrons. The van der Waals surface area contributed by atoms with Crippen molar-refractivity contribution in [3.63, 3.8) is 0 Å². The van der Waals surface area contributed by atoms with Crippen molar-refractivity contribution in [1.82, 2.24) is 20.1 Å². The fraction of sp³-hybridized carbons (Fsp3) is 0.467. The van der Waals surface area contributed by atoms with Crippen LogP contribution in [0.25, 0.3) is 10.2 Å². The Morgan fingerprint density at radius 1 is 1.36 bits per heavy atom. The van der Waals surface area contributed by atoms with Gasteiger partial charge in [0.15, 0.2) is 11.6 Å². The van der Waals surface area contributed by atoms with Crippen molar-refractivity contribution in [1.29, 1.82) is 0 Å². The van der Waals surface area contributed by atoms with Crippen LogP contribution in [0.2, 0.25) is 0 Å². The van der Waals surface area contributed by atoms with E-state index in [1.165, 1.54) is 0 Å². The van der Waals surface area contributed by atoms with Crippen molar-refractivity contribution < 1.29 is 4.52 Å². The fourth-order valence-electron chi connectivity index (χ4n) is 2.89. The summed E-state index contributed by atoms with van der Waals surface area (Å²) in [5.41, 5.74) is 0.997. The molecule has 22 heavy (non-hydrogen) atoms. The van der Waals surface area contributed by atoms with E-state index in [1.54, 1.807) is 17.7 Å². The van der Waals surface area contributed by atoms with E-state index in [4.69, 9.17) is 4.52 Å². The molecule has 1 aliphatic rings. The summed E-state index contributed by atoms with van der Waals surface area (Å²) < 4.78 is 6.50. The smallest absolute Gasteiger partial charge is 0.229 e. The zero-order valence-corrected chi connectivity index (χ0v) is 13.4. The molecule has 0 spiro atoms. The highest BCUT2D eigenvalue weighted by Crippen LogP contribution is 2.38. The van der Waals surface area contributed by atoms with Crippen molar-refractivity contribution >= 4 is 27.4 Å². The van der Waals surface area contributed by atoms with Gasteiger partial charge in [0, 0.05) is 12.5 Å². The molecule has 0 aromatic carbocycles. The van der Waals surface area contributed by atoms with Gasteiger partial charge in [0.1, 0.15) is 6.33 Å². The van der Waals surface area contributed by atoms with E-state index in [2.05, 4.69) is 44.2 Å². The first-order chi connectivity index (χ1) is 10.7. The Morgan fingerprint density at radius 3 is 3.09 bits per heavy atom. The molecule has 3 aromatic rings. The van der Waals surface area contributed by atoms with E-state index in [-0.39, 0.29) is 12.0 Å². The van der Waals surface area contributed by atoms with Gasteiger partial charge in [0.05, 0.1) is 16.3 Å². The number of hydrogen-bond acceptors (Lipinski definition) is 7. The highest BCUT2D eigenvalue weighted by atomic mass is 32.1. The van der Waals surface area contributed by atoms with E-state index in [9.17, 15) is 0 Å². The van der Waals surface area contributed by atoms with Crippen LogP contribution in [0.5, 0.6) is 0 Å². The first-order valence-corrected chi connectivity index (χ1v) is 8.40. The van der Waals surface area contributed by atoms with E-state index in [0.717, 1.165) is 41.2 Å². The van der Waals surface area contributed by atoms with Crippen LogP contribution >= 0.6 is 11.3 Å². The van der Waals surface area contributed by atoms with Gasteiger partial charge >= 0.3 is 0 Å². The second kappa shape index (κ2) is 5.31. The summed E-state index contributed by atoms with van der Waals surface area (Å²) >= 11 is 1.68. The molecular formula is C15H17N5OS. The molecule has 4 heterocycles. The Hall–Kier alpha value is -2.02. The van der Waals surface area contributed by atoms with Crippen LogP contribution in [0.3, 0.4) is 0 Å². The lowest BCUT2D eigenvalue weighted by Gasteiger charge is -2.23. The number of nitrogens with zero attached hydrogens (tertiary/aromatic N) is 5. The minimum atomic E-state index is 0.136. The molecule has 6 nitrogen and oxygen atoms in total. The molecular weight excluding hydrogens is 298 g/mol. The summed E-state index contributed by atoms with van der Waals surface area (Å²) in [7, 11) is 0. The summed E-state index contributed by atoms with van der Waals surface area (Å²) in [5, 5.41) is 6.25. The molecule has 0 unspecified atom stereocenters. The number of hydrogen-bond donors (Lipinski definition) is 0. The molecule has 3 aromatic heterocycles. The van der Waals surface area contributed by atoms with E-state index in [1.807, 2.05) is 6.07 Å². The van der Waals surface area contributed by atoms with Crippen LogP contribution < -0.4 is 4.90 Å². The molecule has 0 amide bonds. The predicted octanol–water partition coefficient (Wildman–Crippen LogP) is 3.54. The summed E-state index contributed by atoms with van der Waals surface area (Å²) in [6.45, 7) is 5.08. The van der Waals surface area contributed by atoms with Gasteiger partial charge in [-0.15, -0.1) is 11.3 Å². The molecule has 0 bridgehead atoms. The summed E-state index contributed by atoms with van der Waals surface area (Å²) in [4.78, 5) is 15.7. The van der Waals surface area contributed by atoms with Gasteiger partial charge in [-0.05, 0) is 24.3 Å². The molecule has 7 heteroatoms. The summed E-state index contributed by atoms with van der Waals surface area (Å²) in [6, 6.07) is 2.16. The Labute approximate surface area is 132 Å². The predicted molar refractivity (Wildman–Crippen MR) is 85.1 cm³/mol. The minimum absolute atomic E-state index is 0.136. The molecule has 1 aliphatic heterocycles. The number of aromatic nitrogens is 4. The highest BCUT2D eigenvalue weighted by molar-refractivity contribution is 7.17. The molecule has 0 N–H and O–H groups in total. The lowest BCUT2D eigenvalue weighted by atomic mass is 10.2. The maximum absolute atomic E-state index is 5.38. The van der Waals surface area contributed by atoms with Crippen molar-refractivity contribution in [3.05, 3.63) is 29.5 Å². The number of rotatable bonds is 3. The monoisotopic (exact) mass is 315 g/mol. The third kappa shape index (κ3) is 2.16. The minimum Gasteiger partial charge on any atom is -0.345 e. The second-order valence-corrected chi connectivity index (χ2v) is 6.75. The highest BCUT2D eigenvalue weighted by Gasteiger charge is 2.32.